The monoisotopic (exact) mass is 292 g/mol. The molecule has 17 heavy (non-hydrogen) atoms. The Bertz CT molecular complexity index is 401. The molecule has 1 rings (SSSR count). The van der Waals surface area contributed by atoms with E-state index >= 15 is 0 Å². The van der Waals surface area contributed by atoms with Crippen molar-refractivity contribution < 1.29 is 9.00 Å². The van der Waals surface area contributed by atoms with Gasteiger partial charge < -0.3 is 0 Å². The number of thiophene rings is 1. The number of Topliss-reactive ketones (excluding diaryl/α,β-unsaturated/α-hetero) is 1. The van der Waals surface area contributed by atoms with Gasteiger partial charge in [-0.3, -0.25) is 9.00 Å². The molecule has 0 spiro atoms. The molecule has 0 saturated carbocycles. The van der Waals surface area contributed by atoms with E-state index in [1.807, 2.05) is 0 Å². The van der Waals surface area contributed by atoms with Crippen LogP contribution in [-0.4, -0.2) is 21.0 Å². The minimum absolute atomic E-state index is 0.0586. The Hall–Kier alpha value is -0.190. The van der Waals surface area contributed by atoms with Crippen molar-refractivity contribution in [2.75, 3.05) is 5.75 Å². The third-order valence-electron chi connectivity index (χ3n) is 2.53. The molecule has 1 aromatic rings. The number of hydrogen-bond acceptors (Lipinski definition) is 3. The molecule has 96 valence electrons. The molecule has 0 bridgehead atoms. The van der Waals surface area contributed by atoms with Crippen LogP contribution in [0.3, 0.4) is 0 Å². The number of ketones is 1. The number of hydrogen-bond donors (Lipinski definition) is 0. The van der Waals surface area contributed by atoms with Crippen LogP contribution in [0.25, 0.3) is 0 Å². The highest BCUT2D eigenvalue weighted by molar-refractivity contribution is 7.86. The van der Waals surface area contributed by atoms with Crippen LogP contribution in [0.5, 0.6) is 0 Å². The van der Waals surface area contributed by atoms with Crippen LogP contribution < -0.4 is 0 Å². The zero-order chi connectivity index (χ0) is 12.8. The molecule has 2 atom stereocenters. The van der Waals surface area contributed by atoms with Crippen LogP contribution >= 0.6 is 22.9 Å². The summed E-state index contributed by atoms with van der Waals surface area (Å²) < 4.78 is 12.5. The van der Waals surface area contributed by atoms with E-state index < -0.39 is 16.0 Å². The van der Waals surface area contributed by atoms with Gasteiger partial charge in [0.1, 0.15) is 0 Å². The highest BCUT2D eigenvalue weighted by atomic mass is 35.5. The van der Waals surface area contributed by atoms with Gasteiger partial charge in [0.05, 0.1) is 14.5 Å². The fourth-order valence-corrected chi connectivity index (χ4v) is 3.79. The van der Waals surface area contributed by atoms with Gasteiger partial charge in [-0.2, -0.15) is 0 Å². The number of carbonyl (C=O) groups is 1. The third-order valence-corrected chi connectivity index (χ3v) is 5.47. The first-order valence-electron chi connectivity index (χ1n) is 5.73. The normalized spacial score (nSPS) is 14.5. The number of unbranched alkanes of at least 4 members (excludes halogenated alkanes) is 2. The predicted octanol–water partition coefficient (Wildman–Crippen LogP) is 3.91. The topological polar surface area (TPSA) is 34.1 Å². The quantitative estimate of drug-likeness (QED) is 0.564. The summed E-state index contributed by atoms with van der Waals surface area (Å²) in [4.78, 5) is 12.6. The molecule has 0 fully saturated rings. The molecule has 2 unspecified atom stereocenters. The summed E-state index contributed by atoms with van der Waals surface area (Å²) in [5, 5.41) is -0.429. The van der Waals surface area contributed by atoms with E-state index in [9.17, 15) is 9.00 Å². The molecule has 0 radical (unpaired) electrons. The summed E-state index contributed by atoms with van der Waals surface area (Å²) in [5.74, 6) is 0.552. The Balaban J connectivity index is 2.54. The number of rotatable bonds is 7. The van der Waals surface area contributed by atoms with Crippen molar-refractivity contribution in [1.82, 2.24) is 0 Å². The Morgan fingerprint density at radius 3 is 2.71 bits per heavy atom. The maximum atomic E-state index is 12.0. The van der Waals surface area contributed by atoms with E-state index in [-0.39, 0.29) is 5.78 Å². The molecular formula is C12H17ClO2S2. The van der Waals surface area contributed by atoms with Crippen molar-refractivity contribution in [2.45, 2.75) is 38.4 Å². The van der Waals surface area contributed by atoms with Gasteiger partial charge in [0, 0.05) is 16.6 Å². The zero-order valence-electron chi connectivity index (χ0n) is 10.1. The molecular weight excluding hydrogens is 276 g/mol. The second kappa shape index (κ2) is 7.29. The van der Waals surface area contributed by atoms with Gasteiger partial charge in [0.25, 0.3) is 0 Å². The fraction of sp³-hybridized carbons (Fsp3) is 0.583. The average Bonchev–Trinajstić information content (AvgIpc) is 2.74. The molecule has 1 heterocycles. The van der Waals surface area contributed by atoms with E-state index in [0.29, 0.717) is 15.0 Å². The van der Waals surface area contributed by atoms with E-state index in [1.165, 1.54) is 11.3 Å². The lowest BCUT2D eigenvalue weighted by Gasteiger charge is -2.08. The first-order chi connectivity index (χ1) is 8.06. The molecule has 1 aromatic heterocycles. The van der Waals surface area contributed by atoms with Gasteiger partial charge >= 0.3 is 0 Å². The smallest absolute Gasteiger partial charge is 0.188 e. The Labute approximate surface area is 114 Å². The summed E-state index contributed by atoms with van der Waals surface area (Å²) >= 11 is 7.03. The molecule has 0 aliphatic carbocycles. The lowest BCUT2D eigenvalue weighted by Crippen LogP contribution is -2.23. The fourth-order valence-electron chi connectivity index (χ4n) is 1.44. The van der Waals surface area contributed by atoms with Crippen molar-refractivity contribution in [2.24, 2.45) is 0 Å². The van der Waals surface area contributed by atoms with Crippen LogP contribution in [-0.2, 0) is 10.8 Å². The summed E-state index contributed by atoms with van der Waals surface area (Å²) in [6.07, 6.45) is 3.09. The predicted molar refractivity (Wildman–Crippen MR) is 75.7 cm³/mol. The zero-order valence-corrected chi connectivity index (χ0v) is 12.5. The van der Waals surface area contributed by atoms with Gasteiger partial charge in [0.15, 0.2) is 5.78 Å². The third kappa shape index (κ3) is 4.53. The minimum atomic E-state index is -1.07. The molecule has 0 aliphatic rings. The average molecular weight is 293 g/mol. The number of carbonyl (C=O) groups excluding carboxylic acids is 1. The van der Waals surface area contributed by atoms with Crippen LogP contribution in [0.15, 0.2) is 12.1 Å². The summed E-state index contributed by atoms with van der Waals surface area (Å²) in [6.45, 7) is 3.84. The van der Waals surface area contributed by atoms with Crippen molar-refractivity contribution in [3.8, 4) is 0 Å². The SMILES string of the molecule is CCCCCS(=O)C(C)C(=O)c1ccc(Cl)s1. The minimum Gasteiger partial charge on any atom is -0.292 e. The van der Waals surface area contributed by atoms with Gasteiger partial charge in [0.2, 0.25) is 0 Å². The van der Waals surface area contributed by atoms with E-state index in [4.69, 9.17) is 11.6 Å². The van der Waals surface area contributed by atoms with Crippen LogP contribution in [0, 0.1) is 0 Å². The second-order valence-corrected chi connectivity index (χ2v) is 7.49. The van der Waals surface area contributed by atoms with Gasteiger partial charge in [-0.05, 0) is 25.5 Å². The molecule has 0 N–H and O–H groups in total. The standard InChI is InChI=1S/C12H17ClO2S2/c1-3-4-5-8-17(15)9(2)12(14)10-6-7-11(13)16-10/h6-7,9H,3-5,8H2,1-2H3. The maximum Gasteiger partial charge on any atom is 0.188 e. The Morgan fingerprint density at radius 2 is 2.18 bits per heavy atom. The first kappa shape index (κ1) is 14.9. The van der Waals surface area contributed by atoms with Crippen LogP contribution in [0.1, 0.15) is 42.8 Å². The summed E-state index contributed by atoms with van der Waals surface area (Å²) in [5.41, 5.74) is 0. The van der Waals surface area contributed by atoms with Crippen molar-refractivity contribution >= 4 is 39.5 Å². The van der Waals surface area contributed by atoms with Crippen molar-refractivity contribution in [1.29, 1.82) is 0 Å². The molecule has 0 saturated heterocycles. The lowest BCUT2D eigenvalue weighted by molar-refractivity contribution is 0.0996. The Kier molecular flexibility index (Phi) is 6.38. The highest BCUT2D eigenvalue weighted by Gasteiger charge is 2.22. The largest absolute Gasteiger partial charge is 0.292 e. The molecule has 0 aliphatic heterocycles. The number of halogens is 1. The molecule has 5 heteroatoms. The lowest BCUT2D eigenvalue weighted by atomic mass is 10.2. The van der Waals surface area contributed by atoms with Gasteiger partial charge in [-0.15, -0.1) is 11.3 Å². The molecule has 0 amide bonds. The first-order valence-corrected chi connectivity index (χ1v) is 8.30. The molecule has 0 aromatic carbocycles. The van der Waals surface area contributed by atoms with Gasteiger partial charge in [-0.1, -0.05) is 31.4 Å². The van der Waals surface area contributed by atoms with E-state index in [0.717, 1.165) is 19.3 Å². The Morgan fingerprint density at radius 1 is 1.47 bits per heavy atom. The van der Waals surface area contributed by atoms with Crippen molar-refractivity contribution in [3.05, 3.63) is 21.3 Å². The van der Waals surface area contributed by atoms with Crippen LogP contribution in [0.4, 0.5) is 0 Å². The van der Waals surface area contributed by atoms with Gasteiger partial charge in [-0.25, -0.2) is 0 Å². The second-order valence-electron chi connectivity index (χ2n) is 3.90. The summed E-state index contributed by atoms with van der Waals surface area (Å²) in [6, 6.07) is 3.40. The highest BCUT2D eigenvalue weighted by Crippen LogP contribution is 2.23. The van der Waals surface area contributed by atoms with Crippen molar-refractivity contribution in [3.63, 3.8) is 0 Å². The maximum absolute atomic E-state index is 12.0. The summed E-state index contributed by atoms with van der Waals surface area (Å²) in [7, 11) is -1.07. The molecule has 2 nitrogen and oxygen atoms in total. The van der Waals surface area contributed by atoms with Crippen LogP contribution in [0.2, 0.25) is 4.34 Å². The van der Waals surface area contributed by atoms with E-state index in [1.54, 1.807) is 19.1 Å². The van der Waals surface area contributed by atoms with E-state index in [2.05, 4.69) is 6.92 Å².